The molecule has 0 aliphatic carbocycles. The van der Waals surface area contributed by atoms with Crippen LogP contribution in [-0.4, -0.2) is 67.5 Å². The van der Waals surface area contributed by atoms with Gasteiger partial charge in [0.25, 0.3) is 5.91 Å². The summed E-state index contributed by atoms with van der Waals surface area (Å²) in [6.07, 6.45) is 3.03. The van der Waals surface area contributed by atoms with Gasteiger partial charge < -0.3 is 19.4 Å². The molecule has 0 spiro atoms. The summed E-state index contributed by atoms with van der Waals surface area (Å²) in [5.41, 5.74) is 1.98. The third-order valence-corrected chi connectivity index (χ3v) is 6.59. The zero-order valence-corrected chi connectivity index (χ0v) is 19.9. The molecule has 34 heavy (non-hydrogen) atoms. The van der Waals surface area contributed by atoms with Gasteiger partial charge in [-0.15, -0.1) is 0 Å². The average molecular weight is 472 g/mol. The first-order valence-electron chi connectivity index (χ1n) is 12.2. The quantitative estimate of drug-likeness (QED) is 0.609. The molecule has 1 atom stereocenters. The number of carbonyl (C=O) groups is 1. The van der Waals surface area contributed by atoms with Crippen molar-refractivity contribution in [3.8, 4) is 0 Å². The van der Waals surface area contributed by atoms with Gasteiger partial charge in [0.05, 0.1) is 19.3 Å². The van der Waals surface area contributed by atoms with Crippen LogP contribution in [0.5, 0.6) is 0 Å². The van der Waals surface area contributed by atoms with E-state index in [1.807, 2.05) is 17.6 Å². The van der Waals surface area contributed by atoms with E-state index in [4.69, 9.17) is 9.47 Å². The molecule has 0 radical (unpaired) electrons. The Kier molecular flexibility index (Phi) is 8.48. The maximum Gasteiger partial charge on any atom is 0.257 e. The molecule has 1 N–H and O–H groups in total. The fourth-order valence-corrected chi connectivity index (χ4v) is 4.79. The molecule has 2 aliphatic heterocycles. The lowest BCUT2D eigenvalue weighted by Gasteiger charge is -2.27. The first-order valence-corrected chi connectivity index (χ1v) is 12.2. The highest BCUT2D eigenvalue weighted by molar-refractivity contribution is 5.95. The lowest BCUT2D eigenvalue weighted by atomic mass is 10.0. The van der Waals surface area contributed by atoms with Crippen LogP contribution in [0, 0.1) is 12.7 Å². The normalized spacial score (nSPS) is 18.8. The molecule has 8 heteroatoms. The highest BCUT2D eigenvalue weighted by atomic mass is 19.1. The number of rotatable bonds is 9. The van der Waals surface area contributed by atoms with Crippen molar-refractivity contribution in [2.75, 3.05) is 46.0 Å². The second kappa shape index (κ2) is 11.7. The van der Waals surface area contributed by atoms with Gasteiger partial charge in [0.1, 0.15) is 11.4 Å². The summed E-state index contributed by atoms with van der Waals surface area (Å²) < 4.78 is 27.0. The van der Waals surface area contributed by atoms with Gasteiger partial charge in [-0.2, -0.15) is 0 Å². The first kappa shape index (κ1) is 24.6. The predicted molar refractivity (Wildman–Crippen MR) is 128 cm³/mol. The summed E-state index contributed by atoms with van der Waals surface area (Å²) in [7, 11) is 0. The first-order chi connectivity index (χ1) is 16.5. The number of pyridine rings is 1. The summed E-state index contributed by atoms with van der Waals surface area (Å²) in [5, 5.41) is 2.90. The smallest absolute Gasteiger partial charge is 0.257 e. The van der Waals surface area contributed by atoms with Gasteiger partial charge in [-0.3, -0.25) is 14.5 Å². The number of morpholine rings is 1. The van der Waals surface area contributed by atoms with E-state index in [1.165, 1.54) is 18.2 Å². The van der Waals surface area contributed by atoms with Crippen molar-refractivity contribution in [3.63, 3.8) is 0 Å². The molecule has 1 aromatic heterocycles. The average Bonchev–Trinajstić information content (AvgIpc) is 3.34. The summed E-state index contributed by atoms with van der Waals surface area (Å²) in [5.74, 6) is -0.732. The fourth-order valence-electron chi connectivity index (χ4n) is 4.79. The van der Waals surface area contributed by atoms with Crippen molar-refractivity contribution in [1.29, 1.82) is 0 Å². The molecule has 0 bridgehead atoms. The molecule has 184 valence electrons. The molecule has 2 aromatic rings. The van der Waals surface area contributed by atoms with Crippen LogP contribution in [0.2, 0.25) is 0 Å². The molecule has 3 heterocycles. The van der Waals surface area contributed by atoms with Crippen LogP contribution in [0.3, 0.4) is 0 Å². The molecule has 4 rings (SSSR count). The lowest BCUT2D eigenvalue weighted by Crippen LogP contribution is -2.38. The second-order valence-corrected chi connectivity index (χ2v) is 9.08. The van der Waals surface area contributed by atoms with Crippen molar-refractivity contribution in [2.24, 2.45) is 0 Å². The number of amides is 1. The minimum Gasteiger partial charge on any atom is -0.379 e. The second-order valence-electron chi connectivity index (χ2n) is 9.08. The van der Waals surface area contributed by atoms with E-state index in [-0.39, 0.29) is 22.9 Å². The summed E-state index contributed by atoms with van der Waals surface area (Å²) >= 11 is 0. The van der Waals surface area contributed by atoms with Crippen molar-refractivity contribution in [1.82, 2.24) is 14.8 Å². The van der Waals surface area contributed by atoms with Gasteiger partial charge >= 0.3 is 0 Å². The Labute approximate surface area is 199 Å². The number of benzene rings is 1. The van der Waals surface area contributed by atoms with Gasteiger partial charge in [0, 0.05) is 63.2 Å². The largest absolute Gasteiger partial charge is 0.379 e. The molecule has 0 saturated carbocycles. The highest BCUT2D eigenvalue weighted by Gasteiger charge is 2.23. The number of aromatic nitrogens is 1. The SMILES string of the molecule is Cc1cc(=O)c(C(=O)NC[C@H]2CCCO2)c(Cc2cccc(F)c2)n1CCCN1CCOCC1. The van der Waals surface area contributed by atoms with Crippen LogP contribution >= 0.6 is 0 Å². The molecular weight excluding hydrogens is 437 g/mol. The highest BCUT2D eigenvalue weighted by Crippen LogP contribution is 2.17. The molecule has 0 unspecified atom stereocenters. The number of carbonyl (C=O) groups excluding carboxylic acids is 1. The van der Waals surface area contributed by atoms with E-state index in [2.05, 4.69) is 10.2 Å². The van der Waals surface area contributed by atoms with Gasteiger partial charge in [0.15, 0.2) is 5.43 Å². The maximum absolute atomic E-state index is 13.9. The number of hydrogen-bond donors (Lipinski definition) is 1. The van der Waals surface area contributed by atoms with E-state index in [0.717, 1.165) is 63.4 Å². The number of nitrogens with one attached hydrogen (secondary N) is 1. The van der Waals surface area contributed by atoms with Gasteiger partial charge in [-0.05, 0) is 43.9 Å². The Bertz CT molecular complexity index is 1040. The Morgan fingerprint density at radius 2 is 2.00 bits per heavy atom. The van der Waals surface area contributed by atoms with E-state index < -0.39 is 5.91 Å². The van der Waals surface area contributed by atoms with Crippen LogP contribution in [0.4, 0.5) is 4.39 Å². The van der Waals surface area contributed by atoms with Gasteiger partial charge in [-0.1, -0.05) is 12.1 Å². The molecule has 1 amide bonds. The van der Waals surface area contributed by atoms with Crippen LogP contribution in [0.1, 0.15) is 46.6 Å². The zero-order chi connectivity index (χ0) is 23.9. The number of ether oxygens (including phenoxy) is 2. The Morgan fingerprint density at radius 3 is 2.74 bits per heavy atom. The lowest BCUT2D eigenvalue weighted by molar-refractivity contribution is 0.0369. The van der Waals surface area contributed by atoms with Crippen molar-refractivity contribution in [3.05, 3.63) is 68.9 Å². The maximum atomic E-state index is 13.9. The Hall–Kier alpha value is -2.55. The van der Waals surface area contributed by atoms with Crippen LogP contribution in [-0.2, 0) is 22.4 Å². The molecule has 2 saturated heterocycles. The van der Waals surface area contributed by atoms with Crippen LogP contribution in [0.25, 0.3) is 0 Å². The van der Waals surface area contributed by atoms with E-state index in [0.29, 0.717) is 31.8 Å². The molecule has 1 aromatic carbocycles. The zero-order valence-electron chi connectivity index (χ0n) is 19.9. The van der Waals surface area contributed by atoms with Gasteiger partial charge in [0.2, 0.25) is 0 Å². The molecule has 7 nitrogen and oxygen atoms in total. The number of halogens is 1. The molecule has 2 aliphatic rings. The van der Waals surface area contributed by atoms with E-state index in [9.17, 15) is 14.0 Å². The third-order valence-electron chi connectivity index (χ3n) is 6.59. The topological polar surface area (TPSA) is 72.8 Å². The number of aryl methyl sites for hydroxylation is 1. The minimum atomic E-state index is -0.395. The minimum absolute atomic E-state index is 0.0168. The van der Waals surface area contributed by atoms with Crippen LogP contribution in [0.15, 0.2) is 35.1 Å². The van der Waals surface area contributed by atoms with Crippen molar-refractivity contribution >= 4 is 5.91 Å². The third kappa shape index (κ3) is 6.31. The Morgan fingerprint density at radius 1 is 1.18 bits per heavy atom. The number of hydrogen-bond acceptors (Lipinski definition) is 5. The molecule has 2 fully saturated rings. The standard InChI is InChI=1S/C26H34FN3O4/c1-19-15-24(31)25(26(32)28-18-22-7-3-12-34-22)23(17-20-5-2-6-21(27)16-20)30(19)9-4-8-29-10-13-33-14-11-29/h2,5-6,15-16,22H,3-4,7-14,17-18H2,1H3,(H,28,32)/t22-/m1/s1. The number of nitrogens with zero attached hydrogens (tertiary/aromatic N) is 2. The van der Waals surface area contributed by atoms with Crippen molar-refractivity contribution in [2.45, 2.75) is 45.3 Å². The van der Waals surface area contributed by atoms with Crippen LogP contribution < -0.4 is 10.7 Å². The monoisotopic (exact) mass is 471 g/mol. The predicted octanol–water partition coefficient (Wildman–Crippen LogP) is 2.52. The summed E-state index contributed by atoms with van der Waals surface area (Å²) in [4.78, 5) is 28.6. The van der Waals surface area contributed by atoms with Crippen molar-refractivity contribution < 1.29 is 18.7 Å². The van der Waals surface area contributed by atoms with Gasteiger partial charge in [-0.25, -0.2) is 4.39 Å². The summed E-state index contributed by atoms with van der Waals surface area (Å²) in [6, 6.07) is 7.86. The van der Waals surface area contributed by atoms with E-state index >= 15 is 0 Å². The fraction of sp³-hybridized carbons (Fsp3) is 0.538. The molecular formula is C26H34FN3O4. The summed E-state index contributed by atoms with van der Waals surface area (Å²) in [6.45, 7) is 7.86. The van der Waals surface area contributed by atoms with E-state index in [1.54, 1.807) is 6.07 Å². The Balaban J connectivity index is 1.60.